The molecule has 1 heterocycles. The van der Waals surface area contributed by atoms with Crippen molar-refractivity contribution in [2.24, 2.45) is 5.92 Å². The van der Waals surface area contributed by atoms with Crippen molar-refractivity contribution in [3.05, 3.63) is 35.8 Å². The quantitative estimate of drug-likeness (QED) is 0.786. The second-order valence-electron chi connectivity index (χ2n) is 5.62. The Balaban J connectivity index is 1.87. The Morgan fingerprint density at radius 3 is 2.43 bits per heavy atom. The molecule has 2 aromatic rings. The van der Waals surface area contributed by atoms with Gasteiger partial charge in [-0.3, -0.25) is 0 Å². The van der Waals surface area contributed by atoms with Crippen LogP contribution in [0.5, 0.6) is 0 Å². The molecule has 6 heteroatoms. The first-order valence-corrected chi connectivity index (χ1v) is 6.77. The molecule has 1 aromatic heterocycles. The maximum atomic E-state index is 13.6. The van der Waals surface area contributed by atoms with Crippen molar-refractivity contribution in [3.8, 4) is 0 Å². The lowest BCUT2D eigenvalue weighted by atomic mass is 9.77. The van der Waals surface area contributed by atoms with Gasteiger partial charge in [0, 0.05) is 5.39 Å². The molecule has 0 bridgehead atoms. The number of benzene rings is 1. The van der Waals surface area contributed by atoms with E-state index in [1.54, 1.807) is 6.07 Å². The molecule has 3 rings (SSSR count). The van der Waals surface area contributed by atoms with E-state index in [0.717, 1.165) is 0 Å². The van der Waals surface area contributed by atoms with Gasteiger partial charge in [0.25, 0.3) is 0 Å². The molecule has 1 fully saturated rings. The van der Waals surface area contributed by atoms with Gasteiger partial charge in [-0.15, -0.1) is 0 Å². The third-order valence-electron chi connectivity index (χ3n) is 4.23. The number of para-hydroxylation sites is 1. The summed E-state index contributed by atoms with van der Waals surface area (Å²) in [5.74, 6) is -1.80. The first-order valence-electron chi connectivity index (χ1n) is 6.77. The van der Waals surface area contributed by atoms with Crippen LogP contribution in [0.2, 0.25) is 0 Å². The number of aliphatic hydroxyl groups is 1. The standard InChI is InChI=1S/C15H14F4O2/c16-11-3-1-2-9-8-12(21-13(9)11)14(20)6-4-10(5-7-14)15(17,18)19/h1-3,8,10,20H,4-7H2. The fourth-order valence-electron chi connectivity index (χ4n) is 2.93. The van der Waals surface area contributed by atoms with Gasteiger partial charge in [0.15, 0.2) is 11.4 Å². The molecule has 0 radical (unpaired) electrons. The highest BCUT2D eigenvalue weighted by atomic mass is 19.4. The Labute approximate surface area is 118 Å². The Morgan fingerprint density at radius 1 is 1.19 bits per heavy atom. The van der Waals surface area contributed by atoms with Gasteiger partial charge < -0.3 is 9.52 Å². The van der Waals surface area contributed by atoms with E-state index in [2.05, 4.69) is 0 Å². The highest BCUT2D eigenvalue weighted by molar-refractivity contribution is 5.78. The molecule has 1 saturated carbocycles. The predicted octanol–water partition coefficient (Wildman–Crippen LogP) is 4.51. The van der Waals surface area contributed by atoms with Crippen molar-refractivity contribution >= 4 is 11.0 Å². The van der Waals surface area contributed by atoms with Crippen LogP contribution in [-0.2, 0) is 5.60 Å². The van der Waals surface area contributed by atoms with E-state index in [-0.39, 0.29) is 37.0 Å². The Morgan fingerprint density at radius 2 is 1.86 bits per heavy atom. The van der Waals surface area contributed by atoms with Gasteiger partial charge in [0.2, 0.25) is 0 Å². The van der Waals surface area contributed by atoms with E-state index >= 15 is 0 Å². The molecular weight excluding hydrogens is 288 g/mol. The monoisotopic (exact) mass is 302 g/mol. The summed E-state index contributed by atoms with van der Waals surface area (Å²) in [5.41, 5.74) is -1.42. The van der Waals surface area contributed by atoms with Gasteiger partial charge >= 0.3 is 6.18 Å². The molecule has 1 aliphatic carbocycles. The second kappa shape index (κ2) is 4.73. The summed E-state index contributed by atoms with van der Waals surface area (Å²) in [4.78, 5) is 0. The van der Waals surface area contributed by atoms with E-state index < -0.39 is 23.5 Å². The number of fused-ring (bicyclic) bond motifs is 1. The van der Waals surface area contributed by atoms with Crippen molar-refractivity contribution in [1.82, 2.24) is 0 Å². The number of halogens is 4. The fraction of sp³-hybridized carbons (Fsp3) is 0.467. The smallest absolute Gasteiger partial charge is 0.391 e. The summed E-state index contributed by atoms with van der Waals surface area (Å²) in [6.07, 6.45) is -4.63. The van der Waals surface area contributed by atoms with Gasteiger partial charge in [-0.25, -0.2) is 4.39 Å². The summed E-state index contributed by atoms with van der Waals surface area (Å²) in [7, 11) is 0. The summed E-state index contributed by atoms with van der Waals surface area (Å²) in [6, 6.07) is 5.89. The van der Waals surface area contributed by atoms with Crippen LogP contribution in [0.25, 0.3) is 11.0 Å². The van der Waals surface area contributed by atoms with E-state index in [9.17, 15) is 22.7 Å². The average Bonchev–Trinajstić information content (AvgIpc) is 2.84. The predicted molar refractivity (Wildman–Crippen MR) is 68.1 cm³/mol. The zero-order valence-corrected chi connectivity index (χ0v) is 11.1. The zero-order chi connectivity index (χ0) is 15.3. The maximum Gasteiger partial charge on any atom is 0.391 e. The molecule has 0 unspecified atom stereocenters. The van der Waals surface area contributed by atoms with Crippen molar-refractivity contribution in [2.45, 2.75) is 37.5 Å². The van der Waals surface area contributed by atoms with E-state index in [1.165, 1.54) is 18.2 Å². The largest absolute Gasteiger partial charge is 0.455 e. The van der Waals surface area contributed by atoms with Crippen LogP contribution < -0.4 is 0 Å². The molecule has 0 saturated heterocycles. The molecule has 1 aromatic carbocycles. The third-order valence-corrected chi connectivity index (χ3v) is 4.23. The highest BCUT2D eigenvalue weighted by Crippen LogP contribution is 2.46. The number of furan rings is 1. The minimum Gasteiger partial charge on any atom is -0.455 e. The van der Waals surface area contributed by atoms with E-state index in [4.69, 9.17) is 4.42 Å². The van der Waals surface area contributed by atoms with Gasteiger partial charge in [-0.1, -0.05) is 12.1 Å². The summed E-state index contributed by atoms with van der Waals surface area (Å²) in [5, 5.41) is 11.0. The molecule has 2 nitrogen and oxygen atoms in total. The number of hydrogen-bond donors (Lipinski definition) is 1. The van der Waals surface area contributed by atoms with Crippen LogP contribution in [0.15, 0.2) is 28.7 Å². The second-order valence-corrected chi connectivity index (χ2v) is 5.62. The van der Waals surface area contributed by atoms with Crippen molar-refractivity contribution in [3.63, 3.8) is 0 Å². The van der Waals surface area contributed by atoms with Crippen molar-refractivity contribution in [1.29, 1.82) is 0 Å². The molecule has 0 atom stereocenters. The van der Waals surface area contributed by atoms with Crippen molar-refractivity contribution in [2.75, 3.05) is 0 Å². The maximum absolute atomic E-state index is 13.6. The SMILES string of the molecule is OC1(c2cc3cccc(F)c3o2)CCC(C(F)(F)F)CC1. The molecular formula is C15H14F4O2. The first kappa shape index (κ1) is 14.4. The minimum absolute atomic E-state index is 0.0267. The van der Waals surface area contributed by atoms with Crippen molar-refractivity contribution < 1.29 is 27.1 Å². The van der Waals surface area contributed by atoms with Crippen LogP contribution in [0.4, 0.5) is 17.6 Å². The molecule has 0 amide bonds. The third kappa shape index (κ3) is 2.52. The van der Waals surface area contributed by atoms with Crippen LogP contribution in [0.1, 0.15) is 31.4 Å². The molecule has 0 spiro atoms. The summed E-state index contributed by atoms with van der Waals surface area (Å²) < 4.78 is 56.9. The molecule has 21 heavy (non-hydrogen) atoms. The summed E-state index contributed by atoms with van der Waals surface area (Å²) >= 11 is 0. The van der Waals surface area contributed by atoms with E-state index in [1.807, 2.05) is 0 Å². The van der Waals surface area contributed by atoms with Crippen LogP contribution in [0, 0.1) is 11.7 Å². The first-order chi connectivity index (χ1) is 9.79. The zero-order valence-electron chi connectivity index (χ0n) is 11.1. The molecule has 1 N–H and O–H groups in total. The molecule has 114 valence electrons. The van der Waals surface area contributed by atoms with Crippen LogP contribution in [-0.4, -0.2) is 11.3 Å². The summed E-state index contributed by atoms with van der Waals surface area (Å²) in [6.45, 7) is 0. The Hall–Kier alpha value is -1.56. The minimum atomic E-state index is -4.23. The van der Waals surface area contributed by atoms with E-state index in [0.29, 0.717) is 5.39 Å². The Kier molecular flexibility index (Phi) is 3.24. The number of alkyl halides is 3. The molecule has 1 aliphatic rings. The van der Waals surface area contributed by atoms with Gasteiger partial charge in [0.05, 0.1) is 5.92 Å². The lowest BCUT2D eigenvalue weighted by Crippen LogP contribution is -2.36. The van der Waals surface area contributed by atoms with Gasteiger partial charge in [0.1, 0.15) is 11.4 Å². The lowest BCUT2D eigenvalue weighted by Gasteiger charge is -2.35. The van der Waals surface area contributed by atoms with Gasteiger partial charge in [-0.2, -0.15) is 13.2 Å². The highest BCUT2D eigenvalue weighted by Gasteiger charge is 2.46. The van der Waals surface area contributed by atoms with Crippen LogP contribution >= 0.6 is 0 Å². The Bertz CT molecular complexity index is 651. The average molecular weight is 302 g/mol. The normalized spacial score (nSPS) is 27.2. The van der Waals surface area contributed by atoms with Gasteiger partial charge in [-0.05, 0) is 37.8 Å². The molecule has 0 aliphatic heterocycles. The number of hydrogen-bond acceptors (Lipinski definition) is 2. The fourth-order valence-corrected chi connectivity index (χ4v) is 2.93. The number of rotatable bonds is 1. The lowest BCUT2D eigenvalue weighted by molar-refractivity contribution is -0.194. The topological polar surface area (TPSA) is 33.4 Å². The van der Waals surface area contributed by atoms with Crippen LogP contribution in [0.3, 0.4) is 0 Å².